The summed E-state index contributed by atoms with van der Waals surface area (Å²) in [6.07, 6.45) is 1.70. The second kappa shape index (κ2) is 9.89. The van der Waals surface area contributed by atoms with E-state index in [1.807, 2.05) is 36.4 Å². The average molecular weight is 504 g/mol. The van der Waals surface area contributed by atoms with Crippen molar-refractivity contribution in [3.8, 4) is 11.5 Å². The fourth-order valence-corrected chi connectivity index (χ4v) is 5.63. The Morgan fingerprint density at radius 1 is 1.03 bits per heavy atom. The van der Waals surface area contributed by atoms with Gasteiger partial charge < -0.3 is 9.47 Å². The van der Waals surface area contributed by atoms with Crippen LogP contribution in [0.1, 0.15) is 15.9 Å². The number of ketones is 1. The van der Waals surface area contributed by atoms with Gasteiger partial charge in [-0.15, -0.1) is 11.3 Å². The van der Waals surface area contributed by atoms with E-state index in [4.69, 9.17) is 14.5 Å². The number of methoxy groups -OCH3 is 2. The quantitative estimate of drug-likeness (QED) is 0.167. The Hall–Kier alpha value is -3.69. The number of thiophene rings is 1. The van der Waals surface area contributed by atoms with Gasteiger partial charge in [-0.25, -0.2) is 9.97 Å². The fraction of sp³-hybridized carbons (Fsp3) is 0.154. The summed E-state index contributed by atoms with van der Waals surface area (Å²) in [6.45, 7) is 0.323. The summed E-state index contributed by atoms with van der Waals surface area (Å²) in [5, 5.41) is 1.32. The average Bonchev–Trinajstić information content (AvgIpc) is 3.28. The van der Waals surface area contributed by atoms with E-state index in [9.17, 15) is 9.59 Å². The highest BCUT2D eigenvalue weighted by Gasteiger charge is 2.18. The van der Waals surface area contributed by atoms with Gasteiger partial charge in [0.25, 0.3) is 5.56 Å². The molecule has 176 valence electrons. The van der Waals surface area contributed by atoms with Gasteiger partial charge in [-0.1, -0.05) is 36.0 Å². The van der Waals surface area contributed by atoms with Crippen LogP contribution >= 0.6 is 23.1 Å². The van der Waals surface area contributed by atoms with Crippen LogP contribution in [0.25, 0.3) is 20.4 Å². The van der Waals surface area contributed by atoms with Crippen LogP contribution in [0, 0.1) is 0 Å². The number of pyridine rings is 1. The maximum atomic E-state index is 13.6. The van der Waals surface area contributed by atoms with Crippen molar-refractivity contribution in [2.24, 2.45) is 0 Å². The zero-order valence-electron chi connectivity index (χ0n) is 19.1. The van der Waals surface area contributed by atoms with Crippen LogP contribution in [0.15, 0.2) is 76.8 Å². The van der Waals surface area contributed by atoms with Crippen LogP contribution < -0.4 is 15.0 Å². The highest BCUT2D eigenvalue weighted by Crippen LogP contribution is 2.31. The molecule has 7 nitrogen and oxygen atoms in total. The molecule has 3 heterocycles. The molecule has 2 aromatic carbocycles. The molecule has 0 aliphatic heterocycles. The Bertz CT molecular complexity index is 1590. The largest absolute Gasteiger partial charge is 0.497 e. The third-order valence-electron chi connectivity index (χ3n) is 5.54. The second-order valence-electron chi connectivity index (χ2n) is 7.71. The van der Waals surface area contributed by atoms with Gasteiger partial charge in [-0.2, -0.15) is 0 Å². The second-order valence-corrected chi connectivity index (χ2v) is 9.66. The van der Waals surface area contributed by atoms with Crippen LogP contribution in [0.2, 0.25) is 0 Å². The van der Waals surface area contributed by atoms with Crippen LogP contribution in [-0.2, 0) is 6.54 Å². The maximum absolute atomic E-state index is 13.6. The number of rotatable bonds is 8. The Morgan fingerprint density at radius 2 is 1.83 bits per heavy atom. The third kappa shape index (κ3) is 4.65. The number of carbonyl (C=O) groups excluding carboxylic acids is 1. The number of thioether (sulfide) groups is 1. The van der Waals surface area contributed by atoms with Gasteiger partial charge in [0.1, 0.15) is 21.0 Å². The van der Waals surface area contributed by atoms with Crippen LogP contribution in [0.5, 0.6) is 11.5 Å². The molecule has 0 aliphatic rings. The number of carbonyl (C=O) groups is 1. The van der Waals surface area contributed by atoms with E-state index in [-0.39, 0.29) is 17.1 Å². The van der Waals surface area contributed by atoms with Crippen molar-refractivity contribution in [3.05, 3.63) is 88.3 Å². The molecule has 0 N–H and O–H groups in total. The number of hydrogen-bond acceptors (Lipinski definition) is 8. The van der Waals surface area contributed by atoms with E-state index >= 15 is 0 Å². The van der Waals surface area contributed by atoms with Gasteiger partial charge in [0.05, 0.1) is 32.0 Å². The van der Waals surface area contributed by atoms with E-state index in [1.54, 1.807) is 49.2 Å². The predicted molar refractivity (Wildman–Crippen MR) is 139 cm³/mol. The van der Waals surface area contributed by atoms with E-state index in [2.05, 4.69) is 4.98 Å². The van der Waals surface area contributed by atoms with Crippen molar-refractivity contribution >= 4 is 49.3 Å². The van der Waals surface area contributed by atoms with Gasteiger partial charge in [0, 0.05) is 17.1 Å². The van der Waals surface area contributed by atoms with E-state index in [0.717, 1.165) is 21.5 Å². The highest BCUT2D eigenvalue weighted by atomic mass is 32.2. The Kier molecular flexibility index (Phi) is 6.52. The first-order chi connectivity index (χ1) is 17.1. The lowest BCUT2D eigenvalue weighted by atomic mass is 10.1. The predicted octanol–water partition coefficient (Wildman–Crippen LogP) is 5.05. The van der Waals surface area contributed by atoms with E-state index in [0.29, 0.717) is 33.2 Å². The van der Waals surface area contributed by atoms with Crippen molar-refractivity contribution in [3.63, 3.8) is 0 Å². The summed E-state index contributed by atoms with van der Waals surface area (Å²) in [5.74, 6) is 1.42. The number of Topliss-reactive ketones (excluding diaryl/α,β-unsaturated/α-hetero) is 1. The molecule has 0 bridgehead atoms. The van der Waals surface area contributed by atoms with Gasteiger partial charge in [-0.05, 0) is 42.0 Å². The molecular formula is C26H21N3O4S2. The lowest BCUT2D eigenvalue weighted by Gasteiger charge is -2.12. The van der Waals surface area contributed by atoms with Crippen LogP contribution in [0.3, 0.4) is 0 Å². The first-order valence-corrected chi connectivity index (χ1v) is 12.6. The fourth-order valence-electron chi connectivity index (χ4n) is 3.71. The standard InChI is InChI=1S/C26H21N3O4S2/c1-32-18-10-8-16(9-11-18)14-29-25(31)23-22(20-7-4-12-27-24(20)35-23)28-26(29)34-15-21(30)17-5-3-6-19(13-17)33-2/h3-13H,14-15H2,1-2H3. The molecule has 0 saturated heterocycles. The lowest BCUT2D eigenvalue weighted by Crippen LogP contribution is -2.23. The van der Waals surface area contributed by atoms with Crippen molar-refractivity contribution in [1.29, 1.82) is 0 Å². The monoisotopic (exact) mass is 503 g/mol. The Labute approximate surface area is 209 Å². The summed E-state index contributed by atoms with van der Waals surface area (Å²) in [7, 11) is 3.18. The van der Waals surface area contributed by atoms with Crippen molar-refractivity contribution in [2.45, 2.75) is 11.7 Å². The van der Waals surface area contributed by atoms with Crippen molar-refractivity contribution in [1.82, 2.24) is 14.5 Å². The summed E-state index contributed by atoms with van der Waals surface area (Å²) in [5.41, 5.74) is 1.94. The number of hydrogen-bond donors (Lipinski definition) is 0. The first kappa shape index (κ1) is 23.1. The molecular weight excluding hydrogens is 482 g/mol. The first-order valence-electron chi connectivity index (χ1n) is 10.8. The Balaban J connectivity index is 1.55. The van der Waals surface area contributed by atoms with Crippen LogP contribution in [-0.4, -0.2) is 40.3 Å². The van der Waals surface area contributed by atoms with Crippen LogP contribution in [0.4, 0.5) is 0 Å². The molecule has 5 aromatic rings. The minimum atomic E-state index is -0.148. The normalized spacial score (nSPS) is 11.1. The Morgan fingerprint density at radius 3 is 2.60 bits per heavy atom. The van der Waals surface area contributed by atoms with Crippen molar-refractivity contribution < 1.29 is 14.3 Å². The number of benzene rings is 2. The van der Waals surface area contributed by atoms with Gasteiger partial charge in [0.2, 0.25) is 0 Å². The minimum absolute atomic E-state index is 0.0731. The number of aromatic nitrogens is 3. The zero-order chi connectivity index (χ0) is 24.4. The third-order valence-corrected chi connectivity index (χ3v) is 7.61. The molecule has 0 atom stereocenters. The summed E-state index contributed by atoms with van der Waals surface area (Å²) in [4.78, 5) is 36.5. The summed E-state index contributed by atoms with van der Waals surface area (Å²) >= 11 is 2.59. The molecule has 0 radical (unpaired) electrons. The molecule has 35 heavy (non-hydrogen) atoms. The highest BCUT2D eigenvalue weighted by molar-refractivity contribution is 7.99. The molecule has 0 aliphatic carbocycles. The number of nitrogens with zero attached hydrogens (tertiary/aromatic N) is 3. The lowest BCUT2D eigenvalue weighted by molar-refractivity contribution is 0.102. The molecule has 0 unspecified atom stereocenters. The molecule has 9 heteroatoms. The molecule has 0 saturated carbocycles. The van der Waals surface area contributed by atoms with Gasteiger partial charge in [-0.3, -0.25) is 14.2 Å². The minimum Gasteiger partial charge on any atom is -0.497 e. The molecule has 0 amide bonds. The summed E-state index contributed by atoms with van der Waals surface area (Å²) in [6, 6.07) is 18.3. The molecule has 0 fully saturated rings. The van der Waals surface area contributed by atoms with Gasteiger partial charge in [0.15, 0.2) is 10.9 Å². The topological polar surface area (TPSA) is 83.3 Å². The summed E-state index contributed by atoms with van der Waals surface area (Å²) < 4.78 is 12.7. The maximum Gasteiger partial charge on any atom is 0.272 e. The molecule has 3 aromatic heterocycles. The molecule has 5 rings (SSSR count). The zero-order valence-corrected chi connectivity index (χ0v) is 20.7. The van der Waals surface area contributed by atoms with E-state index in [1.165, 1.54) is 23.1 Å². The number of fused-ring (bicyclic) bond motifs is 3. The number of ether oxygens (including phenoxy) is 2. The van der Waals surface area contributed by atoms with Crippen molar-refractivity contribution in [2.75, 3.05) is 20.0 Å². The molecule has 0 spiro atoms. The SMILES string of the molecule is COc1ccc(Cn2c(SCC(=O)c3cccc(OC)c3)nc3c(sc4ncccc43)c2=O)cc1. The van der Waals surface area contributed by atoms with E-state index < -0.39 is 0 Å². The smallest absolute Gasteiger partial charge is 0.272 e. The van der Waals surface area contributed by atoms with Gasteiger partial charge >= 0.3 is 0 Å².